The molecule has 0 saturated carbocycles. The fraction of sp³-hybridized carbons (Fsp3) is 0.435. The first-order valence-electron chi connectivity index (χ1n) is 10.4. The van der Waals surface area contributed by atoms with Gasteiger partial charge in [0.15, 0.2) is 0 Å². The van der Waals surface area contributed by atoms with Crippen LogP contribution in [0, 0.1) is 0 Å². The van der Waals surface area contributed by atoms with E-state index in [-0.39, 0.29) is 18.5 Å². The van der Waals surface area contributed by atoms with Crippen molar-refractivity contribution in [2.45, 2.75) is 37.6 Å². The van der Waals surface area contributed by atoms with Gasteiger partial charge in [0.05, 0.1) is 11.4 Å². The van der Waals surface area contributed by atoms with E-state index in [4.69, 9.17) is 0 Å². The van der Waals surface area contributed by atoms with Crippen LogP contribution in [0.2, 0.25) is 0 Å². The van der Waals surface area contributed by atoms with Gasteiger partial charge in [0, 0.05) is 32.2 Å². The van der Waals surface area contributed by atoms with Gasteiger partial charge in [0.25, 0.3) is 0 Å². The molecule has 1 heterocycles. The summed E-state index contributed by atoms with van der Waals surface area (Å²) in [5, 5.41) is 3.25. The molecule has 162 valence electrons. The third-order valence-corrected chi connectivity index (χ3v) is 7.55. The van der Waals surface area contributed by atoms with E-state index in [9.17, 15) is 13.2 Å². The SMILES string of the molecule is CC(C)c1ccc(S(=O)(=O)N2CCN(C(=O)CN[C@@H](C)c3ccccc3)CC2)cc1. The first-order valence-corrected chi connectivity index (χ1v) is 11.9. The number of nitrogens with zero attached hydrogens (tertiary/aromatic N) is 2. The molecule has 0 bridgehead atoms. The van der Waals surface area contributed by atoms with Gasteiger partial charge < -0.3 is 10.2 Å². The molecule has 6 nitrogen and oxygen atoms in total. The highest BCUT2D eigenvalue weighted by molar-refractivity contribution is 7.89. The number of hydrogen-bond donors (Lipinski definition) is 1. The van der Waals surface area contributed by atoms with Gasteiger partial charge in [-0.25, -0.2) is 8.42 Å². The van der Waals surface area contributed by atoms with Crippen molar-refractivity contribution < 1.29 is 13.2 Å². The number of carbonyl (C=O) groups is 1. The summed E-state index contributed by atoms with van der Waals surface area (Å²) in [4.78, 5) is 14.6. The molecule has 1 N–H and O–H groups in total. The lowest BCUT2D eigenvalue weighted by molar-refractivity contribution is -0.131. The van der Waals surface area contributed by atoms with Crippen LogP contribution in [0.3, 0.4) is 0 Å². The van der Waals surface area contributed by atoms with E-state index < -0.39 is 10.0 Å². The number of amides is 1. The van der Waals surface area contributed by atoms with Crippen LogP contribution in [0.5, 0.6) is 0 Å². The van der Waals surface area contributed by atoms with E-state index in [2.05, 4.69) is 19.2 Å². The maximum absolute atomic E-state index is 12.9. The Labute approximate surface area is 179 Å². The molecule has 0 unspecified atom stereocenters. The number of carbonyl (C=O) groups excluding carboxylic acids is 1. The molecular weight excluding hydrogens is 398 g/mol. The summed E-state index contributed by atoms with van der Waals surface area (Å²) in [5.41, 5.74) is 2.24. The van der Waals surface area contributed by atoms with Gasteiger partial charge in [-0.3, -0.25) is 4.79 Å². The van der Waals surface area contributed by atoms with Crippen molar-refractivity contribution in [3.8, 4) is 0 Å². The highest BCUT2D eigenvalue weighted by Crippen LogP contribution is 2.21. The van der Waals surface area contributed by atoms with Crippen LogP contribution in [0.1, 0.15) is 43.9 Å². The smallest absolute Gasteiger partial charge is 0.243 e. The van der Waals surface area contributed by atoms with E-state index in [1.807, 2.05) is 49.4 Å². The zero-order valence-corrected chi connectivity index (χ0v) is 18.7. The summed E-state index contributed by atoms with van der Waals surface area (Å²) in [6.45, 7) is 7.86. The van der Waals surface area contributed by atoms with Crippen molar-refractivity contribution >= 4 is 15.9 Å². The van der Waals surface area contributed by atoms with Crippen molar-refractivity contribution in [2.75, 3.05) is 32.7 Å². The largest absolute Gasteiger partial charge is 0.339 e. The molecule has 3 rings (SSSR count). The third kappa shape index (κ3) is 5.28. The Morgan fingerprint density at radius 2 is 1.50 bits per heavy atom. The average molecular weight is 430 g/mol. The molecule has 2 aromatic rings. The maximum Gasteiger partial charge on any atom is 0.243 e. The first kappa shape index (κ1) is 22.5. The number of nitrogens with one attached hydrogen (secondary N) is 1. The molecule has 1 saturated heterocycles. The second-order valence-electron chi connectivity index (χ2n) is 8.02. The first-order chi connectivity index (χ1) is 14.3. The van der Waals surface area contributed by atoms with Gasteiger partial charge in [0.2, 0.25) is 15.9 Å². The predicted octanol–water partition coefficient (Wildman–Crippen LogP) is 2.99. The van der Waals surface area contributed by atoms with Crippen molar-refractivity contribution in [3.05, 3.63) is 65.7 Å². The monoisotopic (exact) mass is 429 g/mol. The Morgan fingerprint density at radius 3 is 2.07 bits per heavy atom. The Morgan fingerprint density at radius 1 is 0.900 bits per heavy atom. The Bertz CT molecular complexity index is 935. The standard InChI is InChI=1S/C23H31N3O3S/c1-18(2)20-9-11-22(12-10-20)30(28,29)26-15-13-25(14-16-26)23(27)17-24-19(3)21-7-5-4-6-8-21/h4-12,18-19,24H,13-17H2,1-3H3/t19-/m0/s1. The van der Waals surface area contributed by atoms with Gasteiger partial charge in [-0.05, 0) is 36.1 Å². The average Bonchev–Trinajstić information content (AvgIpc) is 2.78. The van der Waals surface area contributed by atoms with Gasteiger partial charge >= 0.3 is 0 Å². The molecule has 1 atom stereocenters. The van der Waals surface area contributed by atoms with Crippen LogP contribution in [0.15, 0.2) is 59.5 Å². The van der Waals surface area contributed by atoms with E-state index in [0.29, 0.717) is 37.0 Å². The molecule has 1 amide bonds. The van der Waals surface area contributed by atoms with Crippen LogP contribution in [-0.4, -0.2) is 56.3 Å². The fourth-order valence-electron chi connectivity index (χ4n) is 3.56. The lowest BCUT2D eigenvalue weighted by Crippen LogP contribution is -2.52. The topological polar surface area (TPSA) is 69.7 Å². The molecule has 1 aliphatic rings. The highest BCUT2D eigenvalue weighted by atomic mass is 32.2. The van der Waals surface area contributed by atoms with Crippen LogP contribution in [0.25, 0.3) is 0 Å². The van der Waals surface area contributed by atoms with Crippen LogP contribution < -0.4 is 5.32 Å². The second kappa shape index (κ2) is 9.73. The summed E-state index contributed by atoms with van der Waals surface area (Å²) in [5.74, 6) is 0.352. The zero-order chi connectivity index (χ0) is 21.7. The summed E-state index contributed by atoms with van der Waals surface area (Å²) in [6.07, 6.45) is 0. The molecule has 0 aliphatic carbocycles. The summed E-state index contributed by atoms with van der Waals surface area (Å²) >= 11 is 0. The molecular formula is C23H31N3O3S. The number of benzene rings is 2. The highest BCUT2D eigenvalue weighted by Gasteiger charge is 2.30. The van der Waals surface area contributed by atoms with E-state index in [0.717, 1.165) is 11.1 Å². The van der Waals surface area contributed by atoms with Gasteiger partial charge in [-0.1, -0.05) is 56.3 Å². The van der Waals surface area contributed by atoms with Gasteiger partial charge in [0.1, 0.15) is 0 Å². The van der Waals surface area contributed by atoms with Crippen molar-refractivity contribution in [2.24, 2.45) is 0 Å². The molecule has 0 radical (unpaired) electrons. The van der Waals surface area contributed by atoms with Crippen molar-refractivity contribution in [1.82, 2.24) is 14.5 Å². The minimum atomic E-state index is -3.54. The number of sulfonamides is 1. The fourth-order valence-corrected chi connectivity index (χ4v) is 4.99. The minimum Gasteiger partial charge on any atom is -0.339 e. The van der Waals surface area contributed by atoms with E-state index in [1.54, 1.807) is 17.0 Å². The molecule has 1 fully saturated rings. The van der Waals surface area contributed by atoms with Crippen LogP contribution >= 0.6 is 0 Å². The van der Waals surface area contributed by atoms with E-state index >= 15 is 0 Å². The number of piperazine rings is 1. The Hall–Kier alpha value is -2.22. The van der Waals surface area contributed by atoms with Crippen molar-refractivity contribution in [3.63, 3.8) is 0 Å². The lowest BCUT2D eigenvalue weighted by Gasteiger charge is -2.34. The molecule has 0 aromatic heterocycles. The lowest BCUT2D eigenvalue weighted by atomic mass is 10.0. The molecule has 0 spiro atoms. The number of rotatable bonds is 7. The predicted molar refractivity (Wildman–Crippen MR) is 119 cm³/mol. The summed E-state index contributed by atoms with van der Waals surface area (Å²) in [7, 11) is -3.54. The van der Waals surface area contributed by atoms with Crippen LogP contribution in [-0.2, 0) is 14.8 Å². The van der Waals surface area contributed by atoms with Crippen molar-refractivity contribution in [1.29, 1.82) is 0 Å². The molecule has 1 aliphatic heterocycles. The van der Waals surface area contributed by atoms with Gasteiger partial charge in [-0.2, -0.15) is 4.31 Å². The quantitative estimate of drug-likeness (QED) is 0.735. The normalized spacial score (nSPS) is 16.6. The Balaban J connectivity index is 1.52. The number of hydrogen-bond acceptors (Lipinski definition) is 4. The Kier molecular flexibility index (Phi) is 7.28. The molecule has 30 heavy (non-hydrogen) atoms. The van der Waals surface area contributed by atoms with E-state index in [1.165, 1.54) is 4.31 Å². The minimum absolute atomic E-state index is 0.00360. The third-order valence-electron chi connectivity index (χ3n) is 5.63. The van der Waals surface area contributed by atoms with Gasteiger partial charge in [-0.15, -0.1) is 0 Å². The van der Waals surface area contributed by atoms with Crippen LogP contribution in [0.4, 0.5) is 0 Å². The molecule has 7 heteroatoms. The summed E-state index contributed by atoms with van der Waals surface area (Å²) in [6, 6.07) is 17.1. The summed E-state index contributed by atoms with van der Waals surface area (Å²) < 4.78 is 27.3. The second-order valence-corrected chi connectivity index (χ2v) is 9.96. The maximum atomic E-state index is 12.9. The zero-order valence-electron chi connectivity index (χ0n) is 17.9. The molecule has 2 aromatic carbocycles.